The van der Waals surface area contributed by atoms with Crippen LogP contribution in [0.4, 0.5) is 0 Å². The van der Waals surface area contributed by atoms with E-state index in [1.807, 2.05) is 23.7 Å². The van der Waals surface area contributed by atoms with Crippen LogP contribution < -0.4 is 0 Å². The number of hydrogen-bond donors (Lipinski definition) is 1. The van der Waals surface area contributed by atoms with Gasteiger partial charge in [-0.15, -0.1) is 0 Å². The van der Waals surface area contributed by atoms with Gasteiger partial charge in [-0.1, -0.05) is 13.8 Å². The van der Waals surface area contributed by atoms with Gasteiger partial charge in [0.15, 0.2) is 5.82 Å². The summed E-state index contributed by atoms with van der Waals surface area (Å²) in [7, 11) is 0. The normalized spacial score (nSPS) is 12.7. The fourth-order valence-electron chi connectivity index (χ4n) is 1.75. The van der Waals surface area contributed by atoms with Gasteiger partial charge in [0.2, 0.25) is 0 Å². The second-order valence-electron chi connectivity index (χ2n) is 4.18. The summed E-state index contributed by atoms with van der Waals surface area (Å²) in [6, 6.07) is 3.72. The van der Waals surface area contributed by atoms with Crippen LogP contribution in [0.3, 0.4) is 0 Å². The number of aliphatic hydroxyl groups is 1. The molecule has 1 N–H and O–H groups in total. The second kappa shape index (κ2) is 5.27. The summed E-state index contributed by atoms with van der Waals surface area (Å²) in [5, 5.41) is 13.9. The molecule has 0 fully saturated rings. The first kappa shape index (κ1) is 12.7. The second-order valence-corrected chi connectivity index (χ2v) is 4.18. The van der Waals surface area contributed by atoms with E-state index >= 15 is 0 Å². The van der Waals surface area contributed by atoms with Gasteiger partial charge in [-0.05, 0) is 19.1 Å². The summed E-state index contributed by atoms with van der Waals surface area (Å²) in [4.78, 5) is 8.68. The highest BCUT2D eigenvalue weighted by Crippen LogP contribution is 2.13. The summed E-state index contributed by atoms with van der Waals surface area (Å²) in [6.07, 6.45) is 2.81. The number of pyridine rings is 1. The van der Waals surface area contributed by atoms with Crippen LogP contribution in [-0.2, 0) is 12.8 Å². The predicted octanol–water partition coefficient (Wildman–Crippen LogP) is 1.84. The molecule has 0 unspecified atom stereocenters. The smallest absolute Gasteiger partial charge is 0.151 e. The average Bonchev–Trinajstić information content (AvgIpc) is 2.82. The number of rotatable bonds is 4. The van der Waals surface area contributed by atoms with E-state index in [2.05, 4.69) is 22.0 Å². The van der Waals surface area contributed by atoms with Crippen molar-refractivity contribution < 1.29 is 5.11 Å². The Balaban J connectivity index is 2.38. The molecule has 2 aromatic rings. The molecule has 0 bridgehead atoms. The third-order valence-corrected chi connectivity index (χ3v) is 2.79. The zero-order valence-corrected chi connectivity index (χ0v) is 11.0. The van der Waals surface area contributed by atoms with Crippen LogP contribution in [0.2, 0.25) is 0 Å². The van der Waals surface area contributed by atoms with Gasteiger partial charge < -0.3 is 5.11 Å². The minimum Gasteiger partial charge on any atom is -0.387 e. The molecule has 2 heterocycles. The Morgan fingerprint density at radius 3 is 2.56 bits per heavy atom. The summed E-state index contributed by atoms with van der Waals surface area (Å²) >= 11 is 0. The molecule has 0 saturated heterocycles. The van der Waals surface area contributed by atoms with Crippen LogP contribution in [0.25, 0.3) is 5.69 Å². The van der Waals surface area contributed by atoms with Crippen molar-refractivity contribution in [1.29, 1.82) is 0 Å². The molecule has 0 aliphatic heterocycles. The van der Waals surface area contributed by atoms with Crippen molar-refractivity contribution >= 4 is 0 Å². The van der Waals surface area contributed by atoms with Gasteiger partial charge in [0.1, 0.15) is 5.82 Å². The van der Waals surface area contributed by atoms with Crippen molar-refractivity contribution in [2.45, 2.75) is 39.7 Å². The first-order valence-corrected chi connectivity index (χ1v) is 6.24. The van der Waals surface area contributed by atoms with Gasteiger partial charge >= 0.3 is 0 Å². The molecule has 2 aromatic heterocycles. The molecule has 0 radical (unpaired) electrons. The van der Waals surface area contributed by atoms with Crippen LogP contribution in [0.1, 0.15) is 44.2 Å². The molecular weight excluding hydrogens is 228 g/mol. The minimum absolute atomic E-state index is 0.549. The number of aliphatic hydroxyl groups excluding tert-OH is 1. The average molecular weight is 246 g/mol. The zero-order chi connectivity index (χ0) is 13.1. The first-order valence-electron chi connectivity index (χ1n) is 6.24. The standard InChI is InChI=1S/C13H18N4O/c1-4-12-15-13(5-2)17(16-12)10-6-7-11(9(3)18)14-8-10/h6-9,18H,4-5H2,1-3H3/t9-/m0/s1. The SMILES string of the molecule is CCc1nc(CC)n(-c2ccc([C@H](C)O)nc2)n1. The number of aromatic nitrogens is 4. The molecule has 0 spiro atoms. The van der Waals surface area contributed by atoms with Crippen LogP contribution in [0.15, 0.2) is 18.3 Å². The van der Waals surface area contributed by atoms with Gasteiger partial charge in [-0.2, -0.15) is 5.10 Å². The highest BCUT2D eigenvalue weighted by atomic mass is 16.3. The molecule has 0 amide bonds. The Morgan fingerprint density at radius 2 is 2.06 bits per heavy atom. The van der Waals surface area contributed by atoms with Gasteiger partial charge in [-0.3, -0.25) is 4.98 Å². The lowest BCUT2D eigenvalue weighted by molar-refractivity contribution is 0.194. The predicted molar refractivity (Wildman–Crippen MR) is 68.5 cm³/mol. The van der Waals surface area contributed by atoms with E-state index in [4.69, 9.17) is 0 Å². The summed E-state index contributed by atoms with van der Waals surface area (Å²) < 4.78 is 1.82. The minimum atomic E-state index is -0.549. The van der Waals surface area contributed by atoms with E-state index < -0.39 is 6.10 Å². The highest BCUT2D eigenvalue weighted by molar-refractivity contribution is 5.30. The Morgan fingerprint density at radius 1 is 1.28 bits per heavy atom. The Kier molecular flexibility index (Phi) is 3.72. The number of aryl methyl sites for hydroxylation is 2. The van der Waals surface area contributed by atoms with E-state index in [1.54, 1.807) is 13.1 Å². The van der Waals surface area contributed by atoms with Gasteiger partial charge in [0.25, 0.3) is 0 Å². The lowest BCUT2D eigenvalue weighted by atomic mass is 10.2. The molecule has 0 aliphatic carbocycles. The van der Waals surface area contributed by atoms with E-state index in [-0.39, 0.29) is 0 Å². The number of hydrogen-bond acceptors (Lipinski definition) is 4. The van der Waals surface area contributed by atoms with Crippen LogP contribution in [-0.4, -0.2) is 24.9 Å². The van der Waals surface area contributed by atoms with Crippen LogP contribution >= 0.6 is 0 Å². The first-order chi connectivity index (χ1) is 8.65. The van der Waals surface area contributed by atoms with E-state index in [1.165, 1.54) is 0 Å². The molecular formula is C13H18N4O. The van der Waals surface area contributed by atoms with E-state index in [9.17, 15) is 5.11 Å². The Hall–Kier alpha value is -1.75. The quantitative estimate of drug-likeness (QED) is 0.894. The topological polar surface area (TPSA) is 63.8 Å². The molecule has 1 atom stereocenters. The Bertz CT molecular complexity index is 516. The van der Waals surface area contributed by atoms with Gasteiger partial charge in [0.05, 0.1) is 23.7 Å². The molecule has 0 aromatic carbocycles. The summed E-state index contributed by atoms with van der Waals surface area (Å²) in [6.45, 7) is 5.79. The van der Waals surface area contributed by atoms with Gasteiger partial charge in [-0.25, -0.2) is 9.67 Å². The molecule has 2 rings (SSSR count). The van der Waals surface area contributed by atoms with Crippen molar-refractivity contribution in [2.24, 2.45) is 0 Å². The van der Waals surface area contributed by atoms with Crippen molar-refractivity contribution in [2.75, 3.05) is 0 Å². The largest absolute Gasteiger partial charge is 0.387 e. The molecule has 5 nitrogen and oxygen atoms in total. The summed E-state index contributed by atoms with van der Waals surface area (Å²) in [5.41, 5.74) is 1.54. The maximum absolute atomic E-state index is 9.43. The zero-order valence-electron chi connectivity index (χ0n) is 11.0. The fourth-order valence-corrected chi connectivity index (χ4v) is 1.75. The van der Waals surface area contributed by atoms with Crippen LogP contribution in [0, 0.1) is 0 Å². The maximum Gasteiger partial charge on any atom is 0.151 e. The molecule has 0 aliphatic rings. The fraction of sp³-hybridized carbons (Fsp3) is 0.462. The van der Waals surface area contributed by atoms with Crippen molar-refractivity contribution in [1.82, 2.24) is 19.7 Å². The maximum atomic E-state index is 9.43. The third kappa shape index (κ3) is 2.41. The molecule has 0 saturated carbocycles. The van der Waals surface area contributed by atoms with E-state index in [0.717, 1.165) is 30.2 Å². The van der Waals surface area contributed by atoms with Crippen molar-refractivity contribution in [3.05, 3.63) is 35.7 Å². The lowest BCUT2D eigenvalue weighted by Gasteiger charge is -2.06. The Labute approximate surface area is 107 Å². The third-order valence-electron chi connectivity index (χ3n) is 2.79. The van der Waals surface area contributed by atoms with E-state index in [0.29, 0.717) is 5.69 Å². The molecule has 96 valence electrons. The molecule has 5 heteroatoms. The number of nitrogens with zero attached hydrogens (tertiary/aromatic N) is 4. The van der Waals surface area contributed by atoms with Crippen molar-refractivity contribution in [3.63, 3.8) is 0 Å². The highest BCUT2D eigenvalue weighted by Gasteiger charge is 2.10. The van der Waals surface area contributed by atoms with Crippen LogP contribution in [0.5, 0.6) is 0 Å². The molecule has 18 heavy (non-hydrogen) atoms. The monoisotopic (exact) mass is 246 g/mol. The van der Waals surface area contributed by atoms with Gasteiger partial charge in [0, 0.05) is 12.8 Å². The summed E-state index contributed by atoms with van der Waals surface area (Å²) in [5.74, 6) is 1.77. The lowest BCUT2D eigenvalue weighted by Crippen LogP contribution is -2.04. The van der Waals surface area contributed by atoms with Crippen molar-refractivity contribution in [3.8, 4) is 5.69 Å².